The van der Waals surface area contributed by atoms with Crippen LogP contribution in [0, 0.1) is 17.6 Å². The second-order valence-electron chi connectivity index (χ2n) is 4.04. The van der Waals surface area contributed by atoms with Crippen molar-refractivity contribution in [2.24, 2.45) is 5.92 Å². The van der Waals surface area contributed by atoms with Gasteiger partial charge in [-0.2, -0.15) is 0 Å². The van der Waals surface area contributed by atoms with Crippen LogP contribution in [0.4, 0.5) is 13.6 Å². The molecule has 0 aliphatic carbocycles. The summed E-state index contributed by atoms with van der Waals surface area (Å²) in [7, 11) is 0. The van der Waals surface area contributed by atoms with Crippen molar-refractivity contribution in [2.75, 3.05) is 6.54 Å². The van der Waals surface area contributed by atoms with E-state index in [0.717, 1.165) is 12.1 Å². The Hall–Kier alpha value is -2.18. The third-order valence-electron chi connectivity index (χ3n) is 2.44. The van der Waals surface area contributed by atoms with E-state index in [-0.39, 0.29) is 18.7 Å². The monoisotopic (exact) mass is 272 g/mol. The number of hydrogen-bond acceptors (Lipinski definition) is 2. The van der Waals surface area contributed by atoms with Crippen LogP contribution in [0.2, 0.25) is 0 Å². The van der Waals surface area contributed by atoms with Crippen LogP contribution >= 0.6 is 0 Å². The third kappa shape index (κ3) is 4.90. The number of amides is 2. The number of rotatable bonds is 5. The molecule has 1 unspecified atom stereocenters. The Balaban J connectivity index is 2.40. The molecule has 1 aromatic carbocycles. The van der Waals surface area contributed by atoms with E-state index in [1.807, 2.05) is 0 Å². The van der Waals surface area contributed by atoms with Crippen LogP contribution < -0.4 is 10.6 Å². The van der Waals surface area contributed by atoms with Crippen LogP contribution in [0.25, 0.3) is 0 Å². The summed E-state index contributed by atoms with van der Waals surface area (Å²) in [6.07, 6.45) is 0. The van der Waals surface area contributed by atoms with Crippen LogP contribution in [0.5, 0.6) is 0 Å². The highest BCUT2D eigenvalue weighted by Gasteiger charge is 2.12. The molecule has 0 aliphatic heterocycles. The molecule has 0 aromatic heterocycles. The van der Waals surface area contributed by atoms with E-state index in [1.54, 1.807) is 0 Å². The van der Waals surface area contributed by atoms with Crippen molar-refractivity contribution in [1.29, 1.82) is 0 Å². The average Bonchev–Trinajstić information content (AvgIpc) is 2.34. The molecular formula is C12H14F2N2O3. The molecule has 2 amide bonds. The number of aliphatic carboxylic acids is 1. The first-order chi connectivity index (χ1) is 8.90. The van der Waals surface area contributed by atoms with Crippen molar-refractivity contribution in [3.05, 3.63) is 35.4 Å². The van der Waals surface area contributed by atoms with Crippen molar-refractivity contribution < 1.29 is 23.5 Å². The SMILES string of the molecule is CC(CNC(=O)NCc1ccc(F)cc1F)C(=O)O. The number of carbonyl (C=O) groups excluding carboxylic acids is 1. The van der Waals surface area contributed by atoms with Crippen LogP contribution in [-0.2, 0) is 11.3 Å². The number of carbonyl (C=O) groups is 2. The van der Waals surface area contributed by atoms with Gasteiger partial charge in [0.15, 0.2) is 0 Å². The summed E-state index contributed by atoms with van der Waals surface area (Å²) in [5, 5.41) is 13.3. The van der Waals surface area contributed by atoms with Crippen molar-refractivity contribution in [3.8, 4) is 0 Å². The molecule has 0 radical (unpaired) electrons. The fraction of sp³-hybridized carbons (Fsp3) is 0.333. The predicted molar refractivity (Wildman–Crippen MR) is 63.4 cm³/mol. The molecule has 0 aliphatic rings. The number of nitrogens with one attached hydrogen (secondary N) is 2. The number of halogens is 2. The largest absolute Gasteiger partial charge is 0.481 e. The molecule has 0 bridgehead atoms. The van der Waals surface area contributed by atoms with E-state index in [9.17, 15) is 18.4 Å². The lowest BCUT2D eigenvalue weighted by Crippen LogP contribution is -2.39. The predicted octanol–water partition coefficient (Wildman–Crippen LogP) is 1.48. The highest BCUT2D eigenvalue weighted by Crippen LogP contribution is 2.08. The maximum atomic E-state index is 13.2. The van der Waals surface area contributed by atoms with Gasteiger partial charge in [-0.3, -0.25) is 4.79 Å². The zero-order valence-corrected chi connectivity index (χ0v) is 10.2. The fourth-order valence-electron chi connectivity index (χ4n) is 1.24. The van der Waals surface area contributed by atoms with Crippen LogP contribution in [0.3, 0.4) is 0 Å². The van der Waals surface area contributed by atoms with E-state index >= 15 is 0 Å². The minimum atomic E-state index is -1.02. The first-order valence-corrected chi connectivity index (χ1v) is 5.58. The highest BCUT2D eigenvalue weighted by molar-refractivity contribution is 5.75. The zero-order chi connectivity index (χ0) is 14.4. The molecule has 5 nitrogen and oxygen atoms in total. The van der Waals surface area contributed by atoms with Gasteiger partial charge in [-0.1, -0.05) is 13.0 Å². The normalized spacial score (nSPS) is 11.7. The van der Waals surface area contributed by atoms with E-state index in [0.29, 0.717) is 0 Å². The Morgan fingerprint density at radius 1 is 1.32 bits per heavy atom. The molecule has 19 heavy (non-hydrogen) atoms. The quantitative estimate of drug-likeness (QED) is 0.759. The van der Waals surface area contributed by atoms with Gasteiger partial charge in [-0.05, 0) is 6.07 Å². The molecule has 0 heterocycles. The minimum absolute atomic E-state index is 0.0347. The van der Waals surface area contributed by atoms with Gasteiger partial charge >= 0.3 is 12.0 Å². The Labute approximate surface area is 108 Å². The Bertz CT molecular complexity index is 480. The fourth-order valence-corrected chi connectivity index (χ4v) is 1.24. The minimum Gasteiger partial charge on any atom is -0.481 e. The first kappa shape index (κ1) is 14.9. The van der Waals surface area contributed by atoms with Crippen molar-refractivity contribution in [1.82, 2.24) is 10.6 Å². The van der Waals surface area contributed by atoms with Crippen molar-refractivity contribution in [2.45, 2.75) is 13.5 Å². The number of carboxylic acids is 1. The van der Waals surface area contributed by atoms with Gasteiger partial charge in [0.05, 0.1) is 5.92 Å². The Morgan fingerprint density at radius 3 is 2.58 bits per heavy atom. The first-order valence-electron chi connectivity index (χ1n) is 5.58. The van der Waals surface area contributed by atoms with Crippen LogP contribution in [-0.4, -0.2) is 23.7 Å². The highest BCUT2D eigenvalue weighted by atomic mass is 19.1. The van der Waals surface area contributed by atoms with Crippen LogP contribution in [0.1, 0.15) is 12.5 Å². The van der Waals surface area contributed by atoms with Crippen molar-refractivity contribution >= 4 is 12.0 Å². The molecule has 104 valence electrons. The summed E-state index contributed by atoms with van der Waals surface area (Å²) < 4.78 is 25.9. The summed E-state index contributed by atoms with van der Waals surface area (Å²) in [6, 6.07) is 2.42. The maximum Gasteiger partial charge on any atom is 0.315 e. The number of carboxylic acid groups (broad SMARTS) is 1. The van der Waals surface area contributed by atoms with Gasteiger partial charge in [0.25, 0.3) is 0 Å². The average molecular weight is 272 g/mol. The Kier molecular flexibility index (Phi) is 5.23. The van der Waals surface area contributed by atoms with E-state index in [2.05, 4.69) is 10.6 Å². The molecule has 1 aromatic rings. The lowest BCUT2D eigenvalue weighted by Gasteiger charge is -2.10. The topological polar surface area (TPSA) is 78.4 Å². The molecule has 7 heteroatoms. The third-order valence-corrected chi connectivity index (χ3v) is 2.44. The zero-order valence-electron chi connectivity index (χ0n) is 10.2. The molecule has 1 atom stereocenters. The van der Waals surface area contributed by atoms with Crippen molar-refractivity contribution in [3.63, 3.8) is 0 Å². The summed E-state index contributed by atoms with van der Waals surface area (Å²) in [4.78, 5) is 21.8. The Morgan fingerprint density at radius 2 is 2.00 bits per heavy atom. The number of urea groups is 1. The molecule has 1 rings (SSSR count). The van der Waals surface area contributed by atoms with E-state index in [4.69, 9.17) is 5.11 Å². The molecule has 3 N–H and O–H groups in total. The lowest BCUT2D eigenvalue weighted by molar-refractivity contribution is -0.140. The van der Waals surface area contributed by atoms with Gasteiger partial charge in [-0.25, -0.2) is 13.6 Å². The standard InChI is InChI=1S/C12H14F2N2O3/c1-7(11(17)18)5-15-12(19)16-6-8-2-3-9(13)4-10(8)14/h2-4,7H,5-6H2,1H3,(H,17,18)(H2,15,16,19). The summed E-state index contributed by atoms with van der Waals surface area (Å²) >= 11 is 0. The van der Waals surface area contributed by atoms with Gasteiger partial charge in [-0.15, -0.1) is 0 Å². The smallest absolute Gasteiger partial charge is 0.315 e. The second-order valence-corrected chi connectivity index (χ2v) is 4.04. The second kappa shape index (κ2) is 6.67. The van der Waals surface area contributed by atoms with Gasteiger partial charge < -0.3 is 15.7 Å². The van der Waals surface area contributed by atoms with Gasteiger partial charge in [0.2, 0.25) is 0 Å². The molecular weight excluding hydrogens is 258 g/mol. The molecule has 0 fully saturated rings. The molecule has 0 saturated carbocycles. The summed E-state index contributed by atoms with van der Waals surface area (Å²) in [6.45, 7) is 1.30. The summed E-state index contributed by atoms with van der Waals surface area (Å²) in [5.41, 5.74) is 0.142. The van der Waals surface area contributed by atoms with Gasteiger partial charge in [0, 0.05) is 24.7 Å². The maximum absolute atomic E-state index is 13.2. The lowest BCUT2D eigenvalue weighted by atomic mass is 10.2. The number of hydrogen-bond donors (Lipinski definition) is 3. The summed E-state index contributed by atoms with van der Waals surface area (Å²) in [5.74, 6) is -3.18. The van der Waals surface area contributed by atoms with Crippen LogP contribution in [0.15, 0.2) is 18.2 Å². The molecule has 0 saturated heterocycles. The number of benzene rings is 1. The van der Waals surface area contributed by atoms with E-state index in [1.165, 1.54) is 13.0 Å². The van der Waals surface area contributed by atoms with E-state index < -0.39 is 29.6 Å². The molecule has 0 spiro atoms. The van der Waals surface area contributed by atoms with Gasteiger partial charge in [0.1, 0.15) is 11.6 Å².